The lowest BCUT2D eigenvalue weighted by molar-refractivity contribution is 0.583. The molecular weight excluding hydrogens is 190 g/mol. The summed E-state index contributed by atoms with van der Waals surface area (Å²) in [6.45, 7) is 1.78. The Morgan fingerprint density at radius 1 is 1.40 bits per heavy atom. The molecule has 1 atom stereocenters. The van der Waals surface area contributed by atoms with Crippen LogP contribution in [0.15, 0.2) is 28.7 Å². The number of aromatic nitrogens is 1. The van der Waals surface area contributed by atoms with Gasteiger partial charge in [-0.2, -0.15) is 4.98 Å². The van der Waals surface area contributed by atoms with Crippen molar-refractivity contribution < 1.29 is 4.42 Å². The Hall–Kier alpha value is -1.55. The highest BCUT2D eigenvalue weighted by Crippen LogP contribution is 2.23. The maximum absolute atomic E-state index is 5.85. The largest absolute Gasteiger partial charge is 0.423 e. The number of nitrogens with two attached hydrogens (primary N) is 1. The van der Waals surface area contributed by atoms with Gasteiger partial charge in [-0.3, -0.25) is 0 Å². The van der Waals surface area contributed by atoms with Crippen LogP contribution in [0.25, 0.3) is 11.1 Å². The molecule has 2 aromatic rings. The molecule has 1 aliphatic rings. The monoisotopic (exact) mass is 203 g/mol. The zero-order valence-electron chi connectivity index (χ0n) is 8.39. The topological polar surface area (TPSA) is 55.3 Å². The lowest BCUT2D eigenvalue weighted by Crippen LogP contribution is -2.26. The molecule has 1 fully saturated rings. The first-order valence-corrected chi connectivity index (χ1v) is 5.19. The zero-order valence-corrected chi connectivity index (χ0v) is 8.39. The van der Waals surface area contributed by atoms with Crippen molar-refractivity contribution in [1.29, 1.82) is 0 Å². The average Bonchev–Trinajstić information content (AvgIpc) is 2.82. The second kappa shape index (κ2) is 3.24. The van der Waals surface area contributed by atoms with Crippen LogP contribution in [0.2, 0.25) is 0 Å². The van der Waals surface area contributed by atoms with Gasteiger partial charge < -0.3 is 15.1 Å². The summed E-state index contributed by atoms with van der Waals surface area (Å²) >= 11 is 0. The van der Waals surface area contributed by atoms with Gasteiger partial charge in [0.25, 0.3) is 6.01 Å². The smallest absolute Gasteiger partial charge is 0.298 e. The van der Waals surface area contributed by atoms with Crippen molar-refractivity contribution in [3.05, 3.63) is 24.3 Å². The van der Waals surface area contributed by atoms with Gasteiger partial charge in [0.2, 0.25) is 0 Å². The lowest BCUT2D eigenvalue weighted by Gasteiger charge is -2.11. The van der Waals surface area contributed by atoms with Gasteiger partial charge in [0.15, 0.2) is 5.58 Å². The van der Waals surface area contributed by atoms with E-state index >= 15 is 0 Å². The highest BCUT2D eigenvalue weighted by atomic mass is 16.4. The maximum Gasteiger partial charge on any atom is 0.298 e. The molecule has 0 bridgehead atoms. The summed E-state index contributed by atoms with van der Waals surface area (Å²) in [5.41, 5.74) is 7.60. The minimum atomic E-state index is 0.250. The van der Waals surface area contributed by atoms with Crippen LogP contribution in [0.1, 0.15) is 6.42 Å². The summed E-state index contributed by atoms with van der Waals surface area (Å²) in [4.78, 5) is 6.53. The van der Waals surface area contributed by atoms with Gasteiger partial charge in [-0.1, -0.05) is 12.1 Å². The van der Waals surface area contributed by atoms with E-state index in [1.54, 1.807) is 0 Å². The summed E-state index contributed by atoms with van der Waals surface area (Å²) in [5.74, 6) is 0. The SMILES string of the molecule is N[C@@H]1CCN(c2nc3ccccc3o2)C1. The molecule has 3 rings (SSSR count). The third kappa shape index (κ3) is 1.47. The van der Waals surface area contributed by atoms with Gasteiger partial charge in [-0.05, 0) is 18.6 Å². The summed E-state index contributed by atoms with van der Waals surface area (Å²) in [6.07, 6.45) is 1.01. The first kappa shape index (κ1) is 8.73. The number of rotatable bonds is 1. The molecule has 0 aliphatic carbocycles. The van der Waals surface area contributed by atoms with Gasteiger partial charge in [0.1, 0.15) is 5.52 Å². The molecule has 0 radical (unpaired) electrons. The molecule has 2 heterocycles. The van der Waals surface area contributed by atoms with Gasteiger partial charge in [0, 0.05) is 19.1 Å². The molecule has 4 nitrogen and oxygen atoms in total. The first-order chi connectivity index (χ1) is 7.33. The Morgan fingerprint density at radius 3 is 3.00 bits per heavy atom. The second-order valence-electron chi connectivity index (χ2n) is 3.96. The van der Waals surface area contributed by atoms with Gasteiger partial charge >= 0.3 is 0 Å². The molecular formula is C11H13N3O. The standard InChI is InChI=1S/C11H13N3O/c12-8-5-6-14(7-8)11-13-9-3-1-2-4-10(9)15-11/h1-4,8H,5-7,12H2/t8-/m1/s1. The minimum Gasteiger partial charge on any atom is -0.423 e. The zero-order chi connectivity index (χ0) is 10.3. The molecule has 4 heteroatoms. The fraction of sp³-hybridized carbons (Fsp3) is 0.364. The first-order valence-electron chi connectivity index (χ1n) is 5.19. The Balaban J connectivity index is 1.98. The van der Waals surface area contributed by atoms with E-state index < -0.39 is 0 Å². The van der Waals surface area contributed by atoms with E-state index in [0.29, 0.717) is 6.01 Å². The van der Waals surface area contributed by atoms with E-state index in [2.05, 4.69) is 9.88 Å². The third-order valence-corrected chi connectivity index (χ3v) is 2.78. The summed E-state index contributed by atoms with van der Waals surface area (Å²) in [7, 11) is 0. The summed E-state index contributed by atoms with van der Waals surface area (Å²) < 4.78 is 5.66. The molecule has 1 aliphatic heterocycles. The summed E-state index contributed by atoms with van der Waals surface area (Å²) in [5, 5.41) is 0. The molecule has 0 saturated carbocycles. The van der Waals surface area contributed by atoms with E-state index in [0.717, 1.165) is 30.6 Å². The van der Waals surface area contributed by atoms with Crippen LogP contribution in [-0.4, -0.2) is 24.1 Å². The Morgan fingerprint density at radius 2 is 2.27 bits per heavy atom. The van der Waals surface area contributed by atoms with E-state index in [4.69, 9.17) is 10.2 Å². The average molecular weight is 203 g/mol. The molecule has 15 heavy (non-hydrogen) atoms. The van der Waals surface area contributed by atoms with Crippen LogP contribution >= 0.6 is 0 Å². The maximum atomic E-state index is 5.85. The van der Waals surface area contributed by atoms with Gasteiger partial charge in [-0.25, -0.2) is 0 Å². The highest BCUT2D eigenvalue weighted by Gasteiger charge is 2.23. The van der Waals surface area contributed by atoms with E-state index in [1.807, 2.05) is 24.3 Å². The highest BCUT2D eigenvalue weighted by molar-refractivity contribution is 5.74. The van der Waals surface area contributed by atoms with E-state index in [-0.39, 0.29) is 6.04 Å². The lowest BCUT2D eigenvalue weighted by atomic mass is 10.3. The second-order valence-corrected chi connectivity index (χ2v) is 3.96. The normalized spacial score (nSPS) is 21.4. The predicted molar refractivity (Wildman–Crippen MR) is 58.8 cm³/mol. The number of oxazole rings is 1. The molecule has 1 aromatic heterocycles. The van der Waals surface area contributed by atoms with E-state index in [1.165, 1.54) is 0 Å². The summed E-state index contributed by atoms with van der Waals surface area (Å²) in [6, 6.07) is 8.75. The van der Waals surface area contributed by atoms with Crippen molar-refractivity contribution in [3.8, 4) is 0 Å². The molecule has 0 unspecified atom stereocenters. The van der Waals surface area contributed by atoms with Gasteiger partial charge in [0.05, 0.1) is 0 Å². The number of fused-ring (bicyclic) bond motifs is 1. The molecule has 2 N–H and O–H groups in total. The van der Waals surface area contributed by atoms with Crippen LogP contribution in [0, 0.1) is 0 Å². The number of benzene rings is 1. The third-order valence-electron chi connectivity index (χ3n) is 2.78. The molecule has 0 amide bonds. The van der Waals surface area contributed by atoms with Crippen molar-refractivity contribution >= 4 is 17.1 Å². The fourth-order valence-electron chi connectivity index (χ4n) is 1.96. The number of hydrogen-bond acceptors (Lipinski definition) is 4. The van der Waals surface area contributed by atoms with Crippen molar-refractivity contribution in [2.75, 3.05) is 18.0 Å². The van der Waals surface area contributed by atoms with Gasteiger partial charge in [-0.15, -0.1) is 0 Å². The quantitative estimate of drug-likeness (QED) is 0.760. The van der Waals surface area contributed by atoms with Crippen molar-refractivity contribution in [1.82, 2.24) is 4.98 Å². The number of para-hydroxylation sites is 2. The molecule has 1 aromatic carbocycles. The van der Waals surface area contributed by atoms with Crippen LogP contribution in [0.4, 0.5) is 6.01 Å². The Bertz CT molecular complexity index is 446. The minimum absolute atomic E-state index is 0.250. The van der Waals surface area contributed by atoms with Crippen molar-refractivity contribution in [2.24, 2.45) is 5.73 Å². The van der Waals surface area contributed by atoms with Crippen LogP contribution in [0.3, 0.4) is 0 Å². The molecule has 78 valence electrons. The van der Waals surface area contributed by atoms with Crippen LogP contribution in [0.5, 0.6) is 0 Å². The number of hydrogen-bond donors (Lipinski definition) is 1. The number of nitrogens with zero attached hydrogens (tertiary/aromatic N) is 2. The molecule has 0 spiro atoms. The Kier molecular flexibility index (Phi) is 1.89. The van der Waals surface area contributed by atoms with Crippen molar-refractivity contribution in [3.63, 3.8) is 0 Å². The number of anilines is 1. The Labute approximate surface area is 87.7 Å². The predicted octanol–water partition coefficient (Wildman–Crippen LogP) is 1.37. The fourth-order valence-corrected chi connectivity index (χ4v) is 1.96. The molecule has 1 saturated heterocycles. The van der Waals surface area contributed by atoms with Crippen LogP contribution in [-0.2, 0) is 0 Å². The van der Waals surface area contributed by atoms with E-state index in [9.17, 15) is 0 Å². The van der Waals surface area contributed by atoms with Crippen LogP contribution < -0.4 is 10.6 Å². The van der Waals surface area contributed by atoms with Crippen molar-refractivity contribution in [2.45, 2.75) is 12.5 Å².